The number of carbonyl (C=O) groups excluding carboxylic acids is 2. The number of carbonyl (C=O) groups is 2. The van der Waals surface area contributed by atoms with E-state index >= 15 is 0 Å². The minimum Gasteiger partial charge on any atom is -0.380 e. The van der Waals surface area contributed by atoms with Crippen molar-refractivity contribution < 1.29 is 14.7 Å². The zero-order valence-corrected chi connectivity index (χ0v) is 18.8. The lowest BCUT2D eigenvalue weighted by Crippen LogP contribution is -2.25. The molecular weight excluding hydrogens is 434 g/mol. The molecule has 0 radical (unpaired) electrons. The number of rotatable bonds is 3. The van der Waals surface area contributed by atoms with Crippen LogP contribution in [0.5, 0.6) is 0 Å². The van der Waals surface area contributed by atoms with Crippen LogP contribution < -0.4 is 0 Å². The molecule has 0 bridgehead atoms. The van der Waals surface area contributed by atoms with Crippen LogP contribution in [0.4, 0.5) is 5.69 Å². The Hall–Kier alpha value is -4.41. The van der Waals surface area contributed by atoms with Crippen molar-refractivity contribution in [3.05, 3.63) is 143 Å². The number of benzene rings is 4. The number of aliphatic imine (C=N–C) groups is 1. The zero-order valence-electron chi connectivity index (χ0n) is 18.8. The maximum absolute atomic E-state index is 13.1. The van der Waals surface area contributed by atoms with Crippen molar-refractivity contribution in [3.63, 3.8) is 0 Å². The molecule has 0 spiro atoms. The Kier molecular flexibility index (Phi) is 4.90. The van der Waals surface area contributed by atoms with Gasteiger partial charge in [0.2, 0.25) is 0 Å². The maximum atomic E-state index is 13.1. The van der Waals surface area contributed by atoms with Crippen molar-refractivity contribution in [1.29, 1.82) is 0 Å². The van der Waals surface area contributed by atoms with Gasteiger partial charge >= 0.3 is 0 Å². The summed E-state index contributed by atoms with van der Waals surface area (Å²) in [6.45, 7) is 0. The average Bonchev–Trinajstić information content (AvgIpc) is 3.25. The molecule has 2 aliphatic carbocycles. The van der Waals surface area contributed by atoms with Crippen LogP contribution in [-0.2, 0) is 5.60 Å². The predicted molar refractivity (Wildman–Crippen MR) is 136 cm³/mol. The van der Waals surface area contributed by atoms with Crippen molar-refractivity contribution in [2.75, 3.05) is 0 Å². The number of aliphatic hydroxyl groups is 1. The van der Waals surface area contributed by atoms with Crippen molar-refractivity contribution in [2.45, 2.75) is 12.0 Å². The van der Waals surface area contributed by atoms with Crippen LogP contribution in [0.25, 0.3) is 5.57 Å². The first-order chi connectivity index (χ1) is 17.0. The van der Waals surface area contributed by atoms with Gasteiger partial charge in [-0.1, -0.05) is 84.9 Å². The van der Waals surface area contributed by atoms with E-state index in [4.69, 9.17) is 4.99 Å². The smallest absolute Gasteiger partial charge is 0.194 e. The van der Waals surface area contributed by atoms with Crippen molar-refractivity contribution in [2.24, 2.45) is 4.99 Å². The van der Waals surface area contributed by atoms with Crippen LogP contribution in [0.2, 0.25) is 0 Å². The summed E-state index contributed by atoms with van der Waals surface area (Å²) in [7, 11) is 0. The number of ketones is 2. The summed E-state index contributed by atoms with van der Waals surface area (Å²) in [5, 5.41) is 11.9. The van der Waals surface area contributed by atoms with Gasteiger partial charge in [0.25, 0.3) is 0 Å². The molecule has 168 valence electrons. The first kappa shape index (κ1) is 21.1. The summed E-state index contributed by atoms with van der Waals surface area (Å²) in [4.78, 5) is 30.8. The van der Waals surface area contributed by atoms with Crippen molar-refractivity contribution in [3.8, 4) is 0 Å². The monoisotopic (exact) mass is 455 g/mol. The molecule has 4 nitrogen and oxygen atoms in total. The van der Waals surface area contributed by atoms with E-state index in [9.17, 15) is 14.7 Å². The van der Waals surface area contributed by atoms with Gasteiger partial charge in [-0.25, -0.2) is 0 Å². The Labute approximate surface area is 202 Å². The normalized spacial score (nSPS) is 19.9. The van der Waals surface area contributed by atoms with Crippen molar-refractivity contribution in [1.82, 2.24) is 0 Å². The van der Waals surface area contributed by atoms with Gasteiger partial charge in [-0.3, -0.25) is 14.6 Å². The van der Waals surface area contributed by atoms with E-state index in [2.05, 4.69) is 0 Å². The predicted octanol–water partition coefficient (Wildman–Crippen LogP) is 5.91. The van der Waals surface area contributed by atoms with E-state index in [0.29, 0.717) is 40.1 Å². The summed E-state index contributed by atoms with van der Waals surface area (Å²) in [6.07, 6.45) is 2.22. The molecule has 1 atom stereocenters. The Morgan fingerprint density at radius 3 is 1.91 bits per heavy atom. The topological polar surface area (TPSA) is 66.7 Å². The molecule has 0 unspecified atom stereocenters. The zero-order chi connectivity index (χ0) is 24.0. The Balaban J connectivity index is 1.43. The molecular formula is C31H21NO3. The van der Waals surface area contributed by atoms with E-state index in [1.54, 1.807) is 42.5 Å². The van der Waals surface area contributed by atoms with Gasteiger partial charge in [-0.2, -0.15) is 0 Å². The largest absolute Gasteiger partial charge is 0.380 e. The molecule has 0 amide bonds. The van der Waals surface area contributed by atoms with Crippen LogP contribution >= 0.6 is 0 Å². The minimum atomic E-state index is -1.22. The third kappa shape index (κ3) is 3.47. The highest BCUT2D eigenvalue weighted by Gasteiger charge is 2.40. The van der Waals surface area contributed by atoms with Crippen LogP contribution in [0.1, 0.15) is 49.4 Å². The van der Waals surface area contributed by atoms with Crippen LogP contribution in [0, 0.1) is 0 Å². The van der Waals surface area contributed by atoms with Crippen LogP contribution in [0.15, 0.2) is 114 Å². The number of hydrogen-bond donors (Lipinski definition) is 1. The molecule has 2 aliphatic rings. The van der Waals surface area contributed by atoms with Gasteiger partial charge in [-0.15, -0.1) is 0 Å². The Morgan fingerprint density at radius 1 is 0.657 bits per heavy atom. The lowest BCUT2D eigenvalue weighted by Gasteiger charge is -2.27. The second-order valence-electron chi connectivity index (χ2n) is 8.86. The molecule has 35 heavy (non-hydrogen) atoms. The summed E-state index contributed by atoms with van der Waals surface area (Å²) in [6, 6.07) is 31.4. The lowest BCUT2D eigenvalue weighted by atomic mass is 9.83. The van der Waals surface area contributed by atoms with E-state index in [1.807, 2.05) is 66.7 Å². The SMILES string of the molecule is O=C1c2ccccc2C(=O)c2cc(N=C3C=C(c4ccccc4)[C@](O)(c4ccccc4)C3)ccc21. The fraction of sp³-hybridized carbons (Fsp3) is 0.0645. The molecule has 0 aliphatic heterocycles. The fourth-order valence-electron chi connectivity index (χ4n) is 5.00. The molecule has 0 saturated heterocycles. The number of allylic oxidation sites excluding steroid dienone is 1. The molecule has 4 heteroatoms. The van der Waals surface area contributed by atoms with Gasteiger partial charge in [0.05, 0.1) is 5.69 Å². The highest BCUT2D eigenvalue weighted by atomic mass is 16.3. The molecule has 6 rings (SSSR count). The molecule has 0 aromatic heterocycles. The average molecular weight is 456 g/mol. The molecule has 0 heterocycles. The van der Waals surface area contributed by atoms with Crippen LogP contribution in [-0.4, -0.2) is 22.4 Å². The second kappa shape index (κ2) is 8.12. The summed E-state index contributed by atoms with van der Waals surface area (Å²) in [5.74, 6) is -0.329. The second-order valence-corrected chi connectivity index (χ2v) is 8.86. The first-order valence-electron chi connectivity index (χ1n) is 11.5. The van der Waals surface area contributed by atoms with E-state index in [-0.39, 0.29) is 11.6 Å². The summed E-state index contributed by atoms with van der Waals surface area (Å²) in [5.41, 5.74) is 4.15. The fourth-order valence-corrected chi connectivity index (χ4v) is 5.00. The maximum Gasteiger partial charge on any atom is 0.194 e. The minimum absolute atomic E-state index is 0.153. The van der Waals surface area contributed by atoms with E-state index in [1.165, 1.54) is 0 Å². The highest BCUT2D eigenvalue weighted by Crippen LogP contribution is 2.44. The highest BCUT2D eigenvalue weighted by molar-refractivity contribution is 6.28. The number of fused-ring (bicyclic) bond motifs is 2. The molecule has 4 aromatic carbocycles. The quantitative estimate of drug-likeness (QED) is 0.368. The standard InChI is InChI=1S/C31H21NO3/c33-29-24-13-7-8-14-25(24)30(34)27-17-22(15-16-26(27)29)32-23-18-28(20-9-3-1-4-10-20)31(35,19-23)21-11-5-2-6-12-21/h1-18,35H,19H2/t31-/m1/s1. The van der Waals surface area contributed by atoms with Crippen LogP contribution in [0.3, 0.4) is 0 Å². The molecule has 4 aromatic rings. The first-order valence-corrected chi connectivity index (χ1v) is 11.5. The Bertz CT molecular complexity index is 1550. The van der Waals surface area contributed by atoms with Gasteiger partial charge in [-0.05, 0) is 41.0 Å². The number of hydrogen-bond acceptors (Lipinski definition) is 4. The van der Waals surface area contributed by atoms with E-state index in [0.717, 1.165) is 16.7 Å². The van der Waals surface area contributed by atoms with Gasteiger partial charge < -0.3 is 5.11 Å². The van der Waals surface area contributed by atoms with Gasteiger partial charge in [0.1, 0.15) is 5.60 Å². The summed E-state index contributed by atoms with van der Waals surface area (Å²) < 4.78 is 0. The van der Waals surface area contributed by atoms with Gasteiger partial charge in [0, 0.05) is 34.4 Å². The summed E-state index contributed by atoms with van der Waals surface area (Å²) >= 11 is 0. The lowest BCUT2D eigenvalue weighted by molar-refractivity contribution is 0.0979. The molecule has 0 fully saturated rings. The number of nitrogens with zero attached hydrogens (tertiary/aromatic N) is 1. The third-order valence-electron chi connectivity index (χ3n) is 6.71. The van der Waals surface area contributed by atoms with E-state index < -0.39 is 5.60 Å². The van der Waals surface area contributed by atoms with Crippen molar-refractivity contribution >= 4 is 28.5 Å². The van der Waals surface area contributed by atoms with Gasteiger partial charge in [0.15, 0.2) is 11.6 Å². The Morgan fingerprint density at radius 2 is 1.23 bits per heavy atom. The molecule has 0 saturated carbocycles. The molecule has 1 N–H and O–H groups in total. The third-order valence-corrected chi connectivity index (χ3v) is 6.71.